The number of hydrogen-bond donors (Lipinski definition) is 3. The number of carboxylic acids is 1. The number of ether oxygens (including phenoxy) is 1. The number of carbonyl (C=O) groups is 2. The van der Waals surface area contributed by atoms with Gasteiger partial charge in [0, 0.05) is 20.3 Å². The van der Waals surface area contributed by atoms with Crippen molar-refractivity contribution in [2.24, 2.45) is 5.73 Å². The Morgan fingerprint density at radius 3 is 2.55 bits per heavy atom. The normalized spacial score (nSPS) is 11.9. The van der Waals surface area contributed by atoms with Gasteiger partial charge in [0.2, 0.25) is 5.91 Å². The van der Waals surface area contributed by atoms with Gasteiger partial charge in [-0.25, -0.2) is 4.79 Å². The summed E-state index contributed by atoms with van der Waals surface area (Å²) in [7, 11) is 1.56. The van der Waals surface area contributed by atoms with Crippen molar-refractivity contribution in [3.05, 3.63) is 35.4 Å². The number of aromatic carboxylic acids is 1. The zero-order chi connectivity index (χ0) is 15.0. The van der Waals surface area contributed by atoms with Crippen molar-refractivity contribution in [1.82, 2.24) is 5.32 Å². The van der Waals surface area contributed by atoms with E-state index in [0.717, 1.165) is 5.56 Å². The molecular weight excluding hydrogens is 260 g/mol. The molecule has 1 aromatic rings. The van der Waals surface area contributed by atoms with Crippen LogP contribution in [0.25, 0.3) is 0 Å². The number of carbonyl (C=O) groups excluding carboxylic acids is 1. The van der Waals surface area contributed by atoms with Gasteiger partial charge in [-0.15, -0.1) is 0 Å². The minimum absolute atomic E-state index is 0.204. The molecule has 0 heterocycles. The summed E-state index contributed by atoms with van der Waals surface area (Å²) in [5, 5.41) is 11.5. The molecule has 0 spiro atoms. The van der Waals surface area contributed by atoms with Crippen molar-refractivity contribution in [1.29, 1.82) is 0 Å². The van der Waals surface area contributed by atoms with Gasteiger partial charge in [-0.05, 0) is 30.5 Å². The Morgan fingerprint density at radius 2 is 2.00 bits per heavy atom. The molecule has 20 heavy (non-hydrogen) atoms. The van der Waals surface area contributed by atoms with E-state index in [1.165, 1.54) is 0 Å². The molecule has 0 saturated heterocycles. The molecule has 1 rings (SSSR count). The highest BCUT2D eigenvalue weighted by Crippen LogP contribution is 2.04. The summed E-state index contributed by atoms with van der Waals surface area (Å²) in [5.74, 6) is -1.15. The molecule has 4 N–H and O–H groups in total. The molecule has 1 aromatic carbocycles. The van der Waals surface area contributed by atoms with Gasteiger partial charge in [-0.2, -0.15) is 0 Å². The average Bonchev–Trinajstić information content (AvgIpc) is 2.45. The lowest BCUT2D eigenvalue weighted by atomic mass is 10.1. The zero-order valence-corrected chi connectivity index (χ0v) is 11.5. The van der Waals surface area contributed by atoms with E-state index >= 15 is 0 Å². The molecule has 0 radical (unpaired) electrons. The lowest BCUT2D eigenvalue weighted by molar-refractivity contribution is -0.122. The summed E-state index contributed by atoms with van der Waals surface area (Å²) in [6.45, 7) is 0.914. The SMILES string of the molecule is COCCC(N)C(=O)NCCc1ccc(C(=O)O)cc1. The number of nitrogens with one attached hydrogen (secondary N) is 1. The summed E-state index contributed by atoms with van der Waals surface area (Å²) in [6.07, 6.45) is 1.11. The second-order valence-corrected chi connectivity index (χ2v) is 4.43. The number of nitrogens with two attached hydrogens (primary N) is 1. The first-order chi connectivity index (χ1) is 9.54. The average molecular weight is 280 g/mol. The Balaban J connectivity index is 2.33. The van der Waals surface area contributed by atoms with Gasteiger partial charge >= 0.3 is 5.97 Å². The zero-order valence-electron chi connectivity index (χ0n) is 11.5. The van der Waals surface area contributed by atoms with Crippen LogP contribution in [0.4, 0.5) is 0 Å². The Kier molecular flexibility index (Phi) is 6.69. The number of rotatable bonds is 8. The minimum atomic E-state index is -0.950. The van der Waals surface area contributed by atoms with E-state index in [9.17, 15) is 9.59 Å². The Labute approximate surface area is 117 Å². The van der Waals surface area contributed by atoms with Crippen molar-refractivity contribution >= 4 is 11.9 Å². The van der Waals surface area contributed by atoms with Gasteiger partial charge in [-0.3, -0.25) is 4.79 Å². The monoisotopic (exact) mass is 280 g/mol. The first-order valence-electron chi connectivity index (χ1n) is 6.39. The fourth-order valence-corrected chi connectivity index (χ4v) is 1.65. The number of benzene rings is 1. The third-order valence-electron chi connectivity index (χ3n) is 2.88. The number of carboxylic acid groups (broad SMARTS) is 1. The molecule has 0 fully saturated rings. The quantitative estimate of drug-likeness (QED) is 0.640. The third-order valence-corrected chi connectivity index (χ3v) is 2.88. The van der Waals surface area contributed by atoms with E-state index in [4.69, 9.17) is 15.6 Å². The number of hydrogen-bond acceptors (Lipinski definition) is 4. The highest BCUT2D eigenvalue weighted by atomic mass is 16.5. The second-order valence-electron chi connectivity index (χ2n) is 4.43. The van der Waals surface area contributed by atoms with E-state index in [1.807, 2.05) is 0 Å². The van der Waals surface area contributed by atoms with Crippen LogP contribution < -0.4 is 11.1 Å². The van der Waals surface area contributed by atoms with Crippen LogP contribution in [0.3, 0.4) is 0 Å². The largest absolute Gasteiger partial charge is 0.478 e. The number of methoxy groups -OCH3 is 1. The van der Waals surface area contributed by atoms with E-state index in [1.54, 1.807) is 31.4 Å². The van der Waals surface area contributed by atoms with Crippen molar-refractivity contribution in [3.8, 4) is 0 Å². The summed E-state index contributed by atoms with van der Waals surface area (Å²) in [4.78, 5) is 22.3. The molecule has 0 aliphatic carbocycles. The van der Waals surface area contributed by atoms with Crippen molar-refractivity contribution in [2.75, 3.05) is 20.3 Å². The molecular formula is C14H20N2O4. The summed E-state index contributed by atoms with van der Waals surface area (Å²) >= 11 is 0. The predicted molar refractivity (Wildman–Crippen MR) is 74.6 cm³/mol. The predicted octanol–water partition coefficient (Wildman–Crippen LogP) is 0.407. The lowest BCUT2D eigenvalue weighted by Crippen LogP contribution is -2.41. The fraction of sp³-hybridized carbons (Fsp3) is 0.429. The summed E-state index contributed by atoms with van der Waals surface area (Å²) in [5.41, 5.74) is 6.89. The molecule has 110 valence electrons. The first kappa shape index (κ1) is 16.1. The van der Waals surface area contributed by atoms with Crippen molar-refractivity contribution in [3.63, 3.8) is 0 Å². The minimum Gasteiger partial charge on any atom is -0.478 e. The van der Waals surface area contributed by atoms with Gasteiger partial charge in [0.15, 0.2) is 0 Å². The summed E-state index contributed by atoms with van der Waals surface area (Å²) in [6, 6.07) is 6.00. The summed E-state index contributed by atoms with van der Waals surface area (Å²) < 4.78 is 4.86. The Hall–Kier alpha value is -1.92. The Bertz CT molecular complexity index is 445. The van der Waals surface area contributed by atoms with Gasteiger partial charge in [0.05, 0.1) is 11.6 Å². The van der Waals surface area contributed by atoms with E-state index in [0.29, 0.717) is 26.0 Å². The topological polar surface area (TPSA) is 102 Å². The molecule has 6 heteroatoms. The van der Waals surface area contributed by atoms with Gasteiger partial charge < -0.3 is 20.9 Å². The maximum atomic E-state index is 11.6. The van der Waals surface area contributed by atoms with Crippen LogP contribution in [-0.2, 0) is 16.0 Å². The highest BCUT2D eigenvalue weighted by Gasteiger charge is 2.12. The van der Waals surface area contributed by atoms with Crippen LogP contribution in [0.15, 0.2) is 24.3 Å². The van der Waals surface area contributed by atoms with Gasteiger partial charge in [0.25, 0.3) is 0 Å². The molecule has 1 unspecified atom stereocenters. The lowest BCUT2D eigenvalue weighted by Gasteiger charge is -2.11. The van der Waals surface area contributed by atoms with Gasteiger partial charge in [-0.1, -0.05) is 12.1 Å². The molecule has 0 saturated carbocycles. The van der Waals surface area contributed by atoms with E-state index in [-0.39, 0.29) is 11.5 Å². The highest BCUT2D eigenvalue weighted by molar-refractivity contribution is 5.87. The van der Waals surface area contributed by atoms with Crippen LogP contribution in [0.5, 0.6) is 0 Å². The fourth-order valence-electron chi connectivity index (χ4n) is 1.65. The standard InChI is InChI=1S/C14H20N2O4/c1-20-9-7-12(15)13(17)16-8-6-10-2-4-11(5-3-10)14(18)19/h2-5,12H,6-9,15H2,1H3,(H,16,17)(H,18,19). The molecule has 0 aliphatic heterocycles. The number of amides is 1. The second kappa shape index (κ2) is 8.29. The first-order valence-corrected chi connectivity index (χ1v) is 6.39. The van der Waals surface area contributed by atoms with Crippen LogP contribution >= 0.6 is 0 Å². The van der Waals surface area contributed by atoms with Crippen LogP contribution in [-0.4, -0.2) is 43.3 Å². The van der Waals surface area contributed by atoms with Crippen LogP contribution in [0, 0.1) is 0 Å². The van der Waals surface area contributed by atoms with Gasteiger partial charge in [0.1, 0.15) is 0 Å². The van der Waals surface area contributed by atoms with Crippen molar-refractivity contribution < 1.29 is 19.4 Å². The smallest absolute Gasteiger partial charge is 0.335 e. The third kappa shape index (κ3) is 5.38. The molecule has 6 nitrogen and oxygen atoms in total. The molecule has 0 aliphatic rings. The van der Waals surface area contributed by atoms with E-state index < -0.39 is 12.0 Å². The van der Waals surface area contributed by atoms with Crippen molar-refractivity contribution in [2.45, 2.75) is 18.9 Å². The van der Waals surface area contributed by atoms with Crippen LogP contribution in [0.1, 0.15) is 22.3 Å². The maximum absolute atomic E-state index is 11.6. The molecule has 0 bridgehead atoms. The molecule has 1 atom stereocenters. The van der Waals surface area contributed by atoms with E-state index in [2.05, 4.69) is 5.32 Å². The van der Waals surface area contributed by atoms with Crippen LogP contribution in [0.2, 0.25) is 0 Å². The molecule has 1 amide bonds. The maximum Gasteiger partial charge on any atom is 0.335 e. The molecule has 0 aromatic heterocycles. The Morgan fingerprint density at radius 1 is 1.35 bits per heavy atom.